The fourth-order valence-electron chi connectivity index (χ4n) is 1.37. The smallest absolute Gasteiger partial charge is 0.224 e. The first-order valence-corrected chi connectivity index (χ1v) is 4.92. The highest BCUT2D eigenvalue weighted by molar-refractivity contribution is 5.77. The number of amides is 1. The highest BCUT2D eigenvalue weighted by Gasteiger charge is 2.15. The van der Waals surface area contributed by atoms with Gasteiger partial charge in [-0.1, -0.05) is 19.1 Å². The summed E-state index contributed by atoms with van der Waals surface area (Å²) < 4.78 is 0. The molecule has 0 aromatic heterocycles. The molecule has 1 aliphatic rings. The van der Waals surface area contributed by atoms with Crippen molar-refractivity contribution in [1.29, 1.82) is 0 Å². The molecule has 1 aliphatic heterocycles. The molecule has 0 saturated carbocycles. The van der Waals surface area contributed by atoms with E-state index in [1.54, 1.807) is 0 Å². The summed E-state index contributed by atoms with van der Waals surface area (Å²) >= 11 is 0. The zero-order chi connectivity index (χ0) is 9.68. The molecule has 74 valence electrons. The Morgan fingerprint density at radius 1 is 1.62 bits per heavy atom. The Balaban J connectivity index is 2.34. The van der Waals surface area contributed by atoms with Crippen molar-refractivity contribution >= 4 is 5.91 Å². The van der Waals surface area contributed by atoms with Gasteiger partial charge >= 0.3 is 0 Å². The molecule has 1 unspecified atom stereocenters. The zero-order valence-electron chi connectivity index (χ0n) is 8.20. The zero-order valence-corrected chi connectivity index (χ0v) is 8.20. The molecule has 13 heavy (non-hydrogen) atoms. The molecule has 0 saturated heterocycles. The molecule has 2 N–H and O–H groups in total. The Labute approximate surface area is 79.6 Å². The van der Waals surface area contributed by atoms with Gasteiger partial charge < -0.3 is 10.6 Å². The van der Waals surface area contributed by atoms with Crippen molar-refractivity contribution in [3.63, 3.8) is 0 Å². The molecule has 1 atom stereocenters. The molecule has 0 aliphatic carbocycles. The maximum atomic E-state index is 11.6. The lowest BCUT2D eigenvalue weighted by molar-refractivity contribution is -0.131. The molecule has 0 radical (unpaired) electrons. The van der Waals surface area contributed by atoms with E-state index in [1.807, 2.05) is 17.9 Å². The Morgan fingerprint density at radius 3 is 2.92 bits per heavy atom. The second-order valence-corrected chi connectivity index (χ2v) is 3.47. The van der Waals surface area contributed by atoms with Crippen LogP contribution < -0.4 is 5.73 Å². The van der Waals surface area contributed by atoms with E-state index in [1.165, 1.54) is 0 Å². The number of hydrogen-bond donors (Lipinski definition) is 1. The van der Waals surface area contributed by atoms with Crippen LogP contribution in [0.1, 0.15) is 26.2 Å². The third-order valence-corrected chi connectivity index (χ3v) is 2.37. The summed E-state index contributed by atoms with van der Waals surface area (Å²) in [4.78, 5) is 13.4. The number of carbonyl (C=O) groups is 1. The summed E-state index contributed by atoms with van der Waals surface area (Å²) in [6.45, 7) is 3.62. The van der Waals surface area contributed by atoms with Crippen LogP contribution in [0, 0.1) is 0 Å². The minimum atomic E-state index is 0.0263. The second kappa shape index (κ2) is 5.02. The van der Waals surface area contributed by atoms with Gasteiger partial charge in [0.15, 0.2) is 0 Å². The van der Waals surface area contributed by atoms with E-state index in [0.29, 0.717) is 6.42 Å². The van der Waals surface area contributed by atoms with Gasteiger partial charge in [0.05, 0.1) is 0 Å². The van der Waals surface area contributed by atoms with Crippen LogP contribution in [0.4, 0.5) is 0 Å². The minimum absolute atomic E-state index is 0.0263. The second-order valence-electron chi connectivity index (χ2n) is 3.47. The van der Waals surface area contributed by atoms with Crippen LogP contribution in [-0.2, 0) is 4.79 Å². The lowest BCUT2D eigenvalue weighted by Crippen LogP contribution is -2.37. The number of carbonyl (C=O) groups excluding carboxylic acids is 1. The molecule has 1 amide bonds. The molecule has 1 rings (SSSR count). The number of rotatable bonds is 3. The highest BCUT2D eigenvalue weighted by Crippen LogP contribution is 2.05. The molecule has 0 spiro atoms. The van der Waals surface area contributed by atoms with E-state index in [2.05, 4.69) is 6.08 Å². The summed E-state index contributed by atoms with van der Waals surface area (Å²) in [5.74, 6) is 0.193. The molecule has 1 heterocycles. The van der Waals surface area contributed by atoms with E-state index in [9.17, 15) is 4.79 Å². The van der Waals surface area contributed by atoms with Crippen molar-refractivity contribution in [3.05, 3.63) is 12.2 Å². The molecule has 3 nitrogen and oxygen atoms in total. The topological polar surface area (TPSA) is 46.3 Å². The largest absolute Gasteiger partial charge is 0.339 e. The van der Waals surface area contributed by atoms with Gasteiger partial charge in [0, 0.05) is 25.6 Å². The fourth-order valence-corrected chi connectivity index (χ4v) is 1.37. The van der Waals surface area contributed by atoms with Crippen LogP contribution in [0.5, 0.6) is 0 Å². The summed E-state index contributed by atoms with van der Waals surface area (Å²) in [7, 11) is 0. The summed E-state index contributed by atoms with van der Waals surface area (Å²) in [6.07, 6.45) is 6.50. The van der Waals surface area contributed by atoms with Gasteiger partial charge in [0.1, 0.15) is 0 Å². The molecule has 0 aromatic carbocycles. The molecule has 0 aromatic rings. The monoisotopic (exact) mass is 182 g/mol. The van der Waals surface area contributed by atoms with Crippen LogP contribution in [0.2, 0.25) is 0 Å². The first-order valence-electron chi connectivity index (χ1n) is 4.92. The van der Waals surface area contributed by atoms with Crippen molar-refractivity contribution < 1.29 is 4.79 Å². The first-order chi connectivity index (χ1) is 6.24. The fraction of sp³-hybridized carbons (Fsp3) is 0.700. The Bertz CT molecular complexity index is 201. The number of nitrogens with two attached hydrogens (primary N) is 1. The minimum Gasteiger partial charge on any atom is -0.339 e. The van der Waals surface area contributed by atoms with Crippen LogP contribution in [-0.4, -0.2) is 29.9 Å². The van der Waals surface area contributed by atoms with Gasteiger partial charge in [-0.15, -0.1) is 0 Å². The molecule has 3 heteroatoms. The lowest BCUT2D eigenvalue weighted by atomic mass is 10.1. The Hall–Kier alpha value is -0.830. The van der Waals surface area contributed by atoms with Gasteiger partial charge in [-0.25, -0.2) is 0 Å². The summed E-state index contributed by atoms with van der Waals surface area (Å²) in [5.41, 5.74) is 5.72. The molecular formula is C10H18N2O. The molecular weight excluding hydrogens is 164 g/mol. The van der Waals surface area contributed by atoms with E-state index < -0.39 is 0 Å². The van der Waals surface area contributed by atoms with Crippen molar-refractivity contribution in [1.82, 2.24) is 4.90 Å². The standard InChI is InChI=1S/C10H18N2O/c1-2-9(11)8-10(13)12-6-4-3-5-7-12/h3-4,9H,2,5-8,11H2,1H3. The lowest BCUT2D eigenvalue weighted by Gasteiger charge is -2.24. The number of nitrogens with zero attached hydrogens (tertiary/aromatic N) is 1. The van der Waals surface area contributed by atoms with E-state index >= 15 is 0 Å². The maximum Gasteiger partial charge on any atom is 0.224 e. The van der Waals surface area contributed by atoms with Gasteiger partial charge in [0.25, 0.3) is 0 Å². The van der Waals surface area contributed by atoms with E-state index in [-0.39, 0.29) is 11.9 Å². The van der Waals surface area contributed by atoms with Crippen molar-refractivity contribution in [2.24, 2.45) is 5.73 Å². The third kappa shape index (κ3) is 3.19. The normalized spacial score (nSPS) is 18.8. The van der Waals surface area contributed by atoms with Gasteiger partial charge in [-0.05, 0) is 12.8 Å². The average molecular weight is 182 g/mol. The Kier molecular flexibility index (Phi) is 3.96. The summed E-state index contributed by atoms with van der Waals surface area (Å²) in [6, 6.07) is 0.0263. The van der Waals surface area contributed by atoms with Crippen molar-refractivity contribution in [2.75, 3.05) is 13.1 Å². The average Bonchev–Trinajstić information content (AvgIpc) is 2.19. The van der Waals surface area contributed by atoms with E-state index in [0.717, 1.165) is 25.9 Å². The van der Waals surface area contributed by atoms with Crippen LogP contribution in [0.15, 0.2) is 12.2 Å². The predicted molar refractivity (Wildman–Crippen MR) is 53.2 cm³/mol. The van der Waals surface area contributed by atoms with Crippen molar-refractivity contribution in [2.45, 2.75) is 32.2 Å². The van der Waals surface area contributed by atoms with Crippen molar-refractivity contribution in [3.8, 4) is 0 Å². The SMILES string of the molecule is CCC(N)CC(=O)N1CC=CCC1. The number of hydrogen-bond acceptors (Lipinski definition) is 2. The van der Waals surface area contributed by atoms with Gasteiger partial charge in [-0.3, -0.25) is 4.79 Å². The predicted octanol–water partition coefficient (Wildman–Crippen LogP) is 0.902. The first kappa shape index (κ1) is 10.3. The van der Waals surface area contributed by atoms with Gasteiger partial charge in [-0.2, -0.15) is 0 Å². The molecule has 0 fully saturated rings. The van der Waals surface area contributed by atoms with Crippen LogP contribution >= 0.6 is 0 Å². The third-order valence-electron chi connectivity index (χ3n) is 2.37. The van der Waals surface area contributed by atoms with E-state index in [4.69, 9.17) is 5.73 Å². The highest BCUT2D eigenvalue weighted by atomic mass is 16.2. The van der Waals surface area contributed by atoms with Gasteiger partial charge in [0.2, 0.25) is 5.91 Å². The maximum absolute atomic E-state index is 11.6. The van der Waals surface area contributed by atoms with Crippen LogP contribution in [0.25, 0.3) is 0 Å². The Morgan fingerprint density at radius 2 is 2.38 bits per heavy atom. The van der Waals surface area contributed by atoms with Crippen LogP contribution in [0.3, 0.4) is 0 Å². The quantitative estimate of drug-likeness (QED) is 0.659. The summed E-state index contributed by atoms with van der Waals surface area (Å²) in [5, 5.41) is 0. The molecule has 0 bridgehead atoms.